The summed E-state index contributed by atoms with van der Waals surface area (Å²) >= 11 is 1.29. The molecular formula is C12H19N3O2S2. The third kappa shape index (κ3) is 4.47. The lowest BCUT2D eigenvalue weighted by atomic mass is 10.2. The van der Waals surface area contributed by atoms with E-state index in [-0.39, 0.29) is 5.75 Å². The zero-order valence-corrected chi connectivity index (χ0v) is 12.6. The number of hydrogen-bond donors (Lipinski definition) is 1. The lowest BCUT2D eigenvalue weighted by Crippen LogP contribution is -2.42. The largest absolute Gasteiger partial charge is 0.314 e. The summed E-state index contributed by atoms with van der Waals surface area (Å²) in [4.78, 5) is 0. The van der Waals surface area contributed by atoms with Gasteiger partial charge in [0.25, 0.3) is 0 Å². The maximum absolute atomic E-state index is 12.2. The van der Waals surface area contributed by atoms with E-state index in [1.807, 2.05) is 30.3 Å². The molecule has 0 aliphatic carbocycles. The molecule has 1 aromatic carbocycles. The molecule has 0 bridgehead atoms. The van der Waals surface area contributed by atoms with Crippen molar-refractivity contribution in [1.82, 2.24) is 13.3 Å². The molecule has 1 aliphatic heterocycles. The van der Waals surface area contributed by atoms with Crippen molar-refractivity contribution in [1.29, 1.82) is 0 Å². The van der Waals surface area contributed by atoms with Crippen LogP contribution in [0, 0.1) is 0 Å². The lowest BCUT2D eigenvalue weighted by molar-refractivity contribution is 0.389. The minimum absolute atomic E-state index is 0.0451. The van der Waals surface area contributed by atoms with Gasteiger partial charge in [0.15, 0.2) is 0 Å². The van der Waals surface area contributed by atoms with Gasteiger partial charge in [0.1, 0.15) is 0 Å². The minimum atomic E-state index is -3.28. The molecule has 0 atom stereocenters. The fourth-order valence-electron chi connectivity index (χ4n) is 1.82. The highest BCUT2D eigenvalue weighted by atomic mass is 32.3. The number of nitrogens with one attached hydrogen (secondary N) is 1. The van der Waals surface area contributed by atoms with E-state index in [9.17, 15) is 8.42 Å². The van der Waals surface area contributed by atoms with Crippen molar-refractivity contribution < 1.29 is 8.42 Å². The van der Waals surface area contributed by atoms with Crippen molar-refractivity contribution in [2.75, 3.05) is 33.2 Å². The van der Waals surface area contributed by atoms with Gasteiger partial charge in [-0.1, -0.05) is 30.3 Å². The number of benzene rings is 1. The predicted molar refractivity (Wildman–Crippen MR) is 78.9 cm³/mol. The average Bonchev–Trinajstić information content (AvgIpc) is 2.40. The van der Waals surface area contributed by atoms with Crippen LogP contribution in [0.3, 0.4) is 0 Å². The Morgan fingerprint density at radius 2 is 1.89 bits per heavy atom. The van der Waals surface area contributed by atoms with E-state index in [1.165, 1.54) is 15.8 Å². The molecule has 0 spiro atoms. The number of piperazine rings is 1. The van der Waals surface area contributed by atoms with E-state index in [0.717, 1.165) is 31.7 Å². The summed E-state index contributed by atoms with van der Waals surface area (Å²) in [5.41, 5.74) is 0.815. The second-order valence-electron chi connectivity index (χ2n) is 4.41. The first-order valence-corrected chi connectivity index (χ1v) is 8.56. The van der Waals surface area contributed by atoms with E-state index in [4.69, 9.17) is 0 Å². The molecular weight excluding hydrogens is 282 g/mol. The van der Waals surface area contributed by atoms with Gasteiger partial charge in [-0.05, 0) is 5.56 Å². The quantitative estimate of drug-likeness (QED) is 0.820. The van der Waals surface area contributed by atoms with E-state index >= 15 is 0 Å². The third-order valence-electron chi connectivity index (χ3n) is 2.89. The van der Waals surface area contributed by atoms with Crippen LogP contribution in [-0.4, -0.2) is 49.7 Å². The summed E-state index contributed by atoms with van der Waals surface area (Å²) in [6.07, 6.45) is 0. The first kappa shape index (κ1) is 14.8. The number of nitrogens with zero attached hydrogens (tertiary/aromatic N) is 2. The van der Waals surface area contributed by atoms with Gasteiger partial charge < -0.3 is 5.32 Å². The van der Waals surface area contributed by atoms with Crippen molar-refractivity contribution in [3.63, 3.8) is 0 Å². The van der Waals surface area contributed by atoms with Crippen molar-refractivity contribution in [2.45, 2.75) is 5.75 Å². The zero-order valence-electron chi connectivity index (χ0n) is 10.9. The molecule has 1 heterocycles. The summed E-state index contributed by atoms with van der Waals surface area (Å²) < 4.78 is 27.9. The van der Waals surface area contributed by atoms with Gasteiger partial charge in [-0.3, -0.25) is 0 Å². The van der Waals surface area contributed by atoms with Crippen LogP contribution >= 0.6 is 12.1 Å². The summed E-state index contributed by atoms with van der Waals surface area (Å²) in [7, 11) is -1.66. The monoisotopic (exact) mass is 301 g/mol. The lowest BCUT2D eigenvalue weighted by Gasteiger charge is -2.29. The molecule has 0 aromatic heterocycles. The fourth-order valence-corrected chi connectivity index (χ4v) is 4.13. The van der Waals surface area contributed by atoms with Gasteiger partial charge in [-0.2, -0.15) is 0 Å². The molecule has 106 valence electrons. The van der Waals surface area contributed by atoms with Crippen molar-refractivity contribution >= 4 is 22.2 Å². The Bertz CT molecular complexity index is 487. The molecule has 1 fully saturated rings. The van der Waals surface area contributed by atoms with Gasteiger partial charge >= 0.3 is 0 Å². The van der Waals surface area contributed by atoms with Crippen LogP contribution in [0.1, 0.15) is 5.56 Å². The first-order valence-electron chi connectivity index (χ1n) is 6.22. The van der Waals surface area contributed by atoms with Crippen molar-refractivity contribution in [2.24, 2.45) is 0 Å². The van der Waals surface area contributed by atoms with E-state index in [0.29, 0.717) is 0 Å². The van der Waals surface area contributed by atoms with Crippen LogP contribution in [0.4, 0.5) is 0 Å². The molecule has 7 heteroatoms. The van der Waals surface area contributed by atoms with Crippen LogP contribution in [0.25, 0.3) is 0 Å². The Hall–Kier alpha value is -0.600. The average molecular weight is 301 g/mol. The molecule has 19 heavy (non-hydrogen) atoms. The Labute approximate surface area is 119 Å². The Kier molecular flexibility index (Phi) is 5.23. The maximum atomic E-state index is 12.2. The summed E-state index contributed by atoms with van der Waals surface area (Å²) in [5, 5.41) is 3.24. The van der Waals surface area contributed by atoms with Crippen molar-refractivity contribution in [3.05, 3.63) is 35.9 Å². The number of hydrogen-bond acceptors (Lipinski definition) is 5. The van der Waals surface area contributed by atoms with Crippen molar-refractivity contribution in [3.8, 4) is 0 Å². The second kappa shape index (κ2) is 6.71. The van der Waals surface area contributed by atoms with Gasteiger partial charge in [0.2, 0.25) is 10.0 Å². The normalized spacial score (nSPS) is 17.8. The Morgan fingerprint density at radius 1 is 1.26 bits per heavy atom. The highest BCUT2D eigenvalue weighted by Gasteiger charge is 2.23. The molecule has 0 radical (unpaired) electrons. The van der Waals surface area contributed by atoms with E-state index in [2.05, 4.69) is 9.62 Å². The topological polar surface area (TPSA) is 52.6 Å². The predicted octanol–water partition coefficient (Wildman–Crippen LogP) is 0.917. The molecule has 0 amide bonds. The second-order valence-corrected chi connectivity index (χ2v) is 7.87. The standard InChI is InChI=1S/C12H19N3O2S2/c1-14(18-15-9-7-13-8-10-15)19(16,17)11-12-5-3-2-4-6-12/h2-6,13H,7-11H2,1H3. The summed E-state index contributed by atoms with van der Waals surface area (Å²) in [6, 6.07) is 9.26. The van der Waals surface area contributed by atoms with Crippen LogP contribution in [0.2, 0.25) is 0 Å². The molecule has 2 rings (SSSR count). The number of rotatable bonds is 5. The molecule has 0 saturated carbocycles. The molecule has 5 nitrogen and oxygen atoms in total. The van der Waals surface area contributed by atoms with E-state index in [1.54, 1.807) is 7.05 Å². The fraction of sp³-hybridized carbons (Fsp3) is 0.500. The van der Waals surface area contributed by atoms with Crippen LogP contribution in [-0.2, 0) is 15.8 Å². The summed E-state index contributed by atoms with van der Waals surface area (Å²) in [6.45, 7) is 3.52. The van der Waals surface area contributed by atoms with Gasteiger partial charge in [-0.25, -0.2) is 12.7 Å². The smallest absolute Gasteiger partial charge is 0.228 e. The molecule has 1 aromatic rings. The number of sulfonamides is 1. The van der Waals surface area contributed by atoms with Crippen LogP contribution in [0.5, 0.6) is 0 Å². The van der Waals surface area contributed by atoms with Gasteiger partial charge in [0, 0.05) is 45.4 Å². The highest BCUT2D eigenvalue weighted by Crippen LogP contribution is 2.21. The Morgan fingerprint density at radius 3 is 2.53 bits per heavy atom. The SMILES string of the molecule is CN(SN1CCNCC1)S(=O)(=O)Cc1ccccc1. The molecule has 1 aliphatic rings. The minimum Gasteiger partial charge on any atom is -0.314 e. The first-order chi connectivity index (χ1) is 9.08. The van der Waals surface area contributed by atoms with Gasteiger partial charge in [-0.15, -0.1) is 3.71 Å². The van der Waals surface area contributed by atoms with Crippen LogP contribution < -0.4 is 5.32 Å². The molecule has 0 unspecified atom stereocenters. The van der Waals surface area contributed by atoms with E-state index < -0.39 is 10.0 Å². The molecule has 1 saturated heterocycles. The highest BCUT2D eigenvalue weighted by molar-refractivity contribution is 8.06. The third-order valence-corrected chi connectivity index (χ3v) is 6.08. The van der Waals surface area contributed by atoms with Crippen LogP contribution in [0.15, 0.2) is 30.3 Å². The Balaban J connectivity index is 1.94. The zero-order chi connectivity index (χ0) is 13.7. The maximum Gasteiger partial charge on any atom is 0.228 e. The molecule has 1 N–H and O–H groups in total. The van der Waals surface area contributed by atoms with Gasteiger partial charge in [0.05, 0.1) is 5.75 Å². The summed E-state index contributed by atoms with van der Waals surface area (Å²) in [5.74, 6) is 0.0451.